The van der Waals surface area contributed by atoms with Crippen molar-refractivity contribution in [2.45, 2.75) is 52.7 Å². The molecule has 0 saturated carbocycles. The number of hydrogen-bond acceptors (Lipinski definition) is 4. The molecule has 21 heavy (non-hydrogen) atoms. The zero-order chi connectivity index (χ0) is 15.6. The summed E-state index contributed by atoms with van der Waals surface area (Å²) in [6.07, 6.45) is 2.89. The van der Waals surface area contributed by atoms with E-state index in [-0.39, 0.29) is 5.54 Å². The normalized spacial score (nSPS) is 12.1. The maximum atomic E-state index is 4.50. The van der Waals surface area contributed by atoms with Crippen molar-refractivity contribution in [3.63, 3.8) is 0 Å². The molecule has 116 valence electrons. The van der Waals surface area contributed by atoms with Crippen LogP contribution in [0.3, 0.4) is 0 Å². The Hall–Kier alpha value is -1.21. The van der Waals surface area contributed by atoms with Crippen molar-refractivity contribution in [3.8, 4) is 0 Å². The van der Waals surface area contributed by atoms with E-state index in [4.69, 9.17) is 0 Å². The van der Waals surface area contributed by atoms with Gasteiger partial charge in [0.15, 0.2) is 0 Å². The monoisotopic (exact) mass is 354 g/mol. The molecule has 0 aliphatic heterocycles. The van der Waals surface area contributed by atoms with Crippen molar-refractivity contribution in [3.05, 3.63) is 27.8 Å². The molecule has 0 unspecified atom stereocenters. The molecular weight excluding hydrogens is 332 g/mol. The minimum Gasteiger partial charge on any atom is -0.306 e. The predicted octanol–water partition coefficient (Wildman–Crippen LogP) is 2.27. The highest BCUT2D eigenvalue weighted by Gasteiger charge is 2.14. The first kappa shape index (κ1) is 16.2. The minimum absolute atomic E-state index is 0.0743. The molecule has 0 aliphatic carbocycles. The van der Waals surface area contributed by atoms with Crippen molar-refractivity contribution in [1.29, 1.82) is 0 Å². The third kappa shape index (κ3) is 4.14. The van der Waals surface area contributed by atoms with Crippen molar-refractivity contribution in [1.82, 2.24) is 30.1 Å². The molecule has 0 bridgehead atoms. The van der Waals surface area contributed by atoms with Gasteiger partial charge >= 0.3 is 0 Å². The fourth-order valence-electron chi connectivity index (χ4n) is 2.00. The summed E-state index contributed by atoms with van der Waals surface area (Å²) in [6.45, 7) is 9.88. The number of halogens is 1. The Morgan fingerprint density at radius 2 is 2.05 bits per heavy atom. The first-order valence-corrected chi connectivity index (χ1v) is 7.93. The van der Waals surface area contributed by atoms with E-state index in [9.17, 15) is 0 Å². The van der Waals surface area contributed by atoms with E-state index < -0.39 is 0 Å². The average Bonchev–Trinajstić information content (AvgIpc) is 2.95. The molecule has 6 nitrogen and oxygen atoms in total. The zero-order valence-corrected chi connectivity index (χ0v) is 14.9. The summed E-state index contributed by atoms with van der Waals surface area (Å²) >= 11 is 3.63. The second-order valence-electron chi connectivity index (χ2n) is 6.20. The fourth-order valence-corrected chi connectivity index (χ4v) is 2.74. The molecule has 0 fully saturated rings. The smallest absolute Gasteiger partial charge is 0.0965 e. The van der Waals surface area contributed by atoms with Crippen LogP contribution in [0.15, 0.2) is 10.7 Å². The van der Waals surface area contributed by atoms with Gasteiger partial charge in [0, 0.05) is 19.1 Å². The van der Waals surface area contributed by atoms with Gasteiger partial charge in [0.05, 0.1) is 34.3 Å². The Balaban J connectivity index is 2.08. The quantitative estimate of drug-likeness (QED) is 0.894. The van der Waals surface area contributed by atoms with Crippen LogP contribution in [0.1, 0.15) is 44.8 Å². The molecule has 1 N–H and O–H groups in total. The summed E-state index contributed by atoms with van der Waals surface area (Å²) in [7, 11) is 1.96. The lowest BCUT2D eigenvalue weighted by molar-refractivity contribution is 0.421. The van der Waals surface area contributed by atoms with E-state index in [0.29, 0.717) is 6.54 Å². The van der Waals surface area contributed by atoms with Gasteiger partial charge in [-0.3, -0.25) is 4.68 Å². The summed E-state index contributed by atoms with van der Waals surface area (Å²) in [4.78, 5) is 0. The van der Waals surface area contributed by atoms with E-state index in [2.05, 4.69) is 64.4 Å². The Morgan fingerprint density at radius 1 is 1.33 bits per heavy atom. The van der Waals surface area contributed by atoms with Gasteiger partial charge in [-0.15, -0.1) is 5.10 Å². The van der Waals surface area contributed by atoms with Crippen LogP contribution in [0, 0.1) is 0 Å². The maximum Gasteiger partial charge on any atom is 0.0965 e. The van der Waals surface area contributed by atoms with Crippen LogP contribution in [-0.4, -0.2) is 30.3 Å². The van der Waals surface area contributed by atoms with Gasteiger partial charge in [0.25, 0.3) is 0 Å². The number of nitrogens with zero attached hydrogens (tertiary/aromatic N) is 5. The summed E-state index contributed by atoms with van der Waals surface area (Å²) < 4.78 is 4.82. The van der Waals surface area contributed by atoms with E-state index in [0.717, 1.165) is 34.5 Å². The third-order valence-corrected chi connectivity index (χ3v) is 4.12. The molecule has 0 saturated heterocycles. The molecule has 0 atom stereocenters. The van der Waals surface area contributed by atoms with Crippen LogP contribution >= 0.6 is 15.9 Å². The molecule has 0 aliphatic rings. The van der Waals surface area contributed by atoms with Gasteiger partial charge in [-0.05, 0) is 43.1 Å². The molecule has 2 aromatic heterocycles. The Labute approximate surface area is 134 Å². The predicted molar refractivity (Wildman–Crippen MR) is 86.0 cm³/mol. The number of aromatic nitrogens is 5. The van der Waals surface area contributed by atoms with Gasteiger partial charge in [-0.2, -0.15) is 5.10 Å². The molecule has 2 rings (SSSR count). The van der Waals surface area contributed by atoms with Crippen LogP contribution in [-0.2, 0) is 26.6 Å². The topological polar surface area (TPSA) is 60.6 Å². The van der Waals surface area contributed by atoms with E-state index in [1.807, 2.05) is 22.6 Å². The largest absolute Gasteiger partial charge is 0.306 e. The zero-order valence-electron chi connectivity index (χ0n) is 13.3. The highest BCUT2D eigenvalue weighted by atomic mass is 79.9. The lowest BCUT2D eigenvalue weighted by Crippen LogP contribution is -2.35. The summed E-state index contributed by atoms with van der Waals surface area (Å²) in [5.74, 6) is 0. The summed E-state index contributed by atoms with van der Waals surface area (Å²) in [5, 5.41) is 16.3. The number of nitrogens with one attached hydrogen (secondary N) is 1. The molecule has 2 heterocycles. The van der Waals surface area contributed by atoms with Crippen LogP contribution in [0.25, 0.3) is 0 Å². The van der Waals surface area contributed by atoms with Crippen LogP contribution in [0.5, 0.6) is 0 Å². The molecular formula is C14H23BrN6. The minimum atomic E-state index is 0.0743. The van der Waals surface area contributed by atoms with Gasteiger partial charge in [-0.25, -0.2) is 4.68 Å². The second-order valence-corrected chi connectivity index (χ2v) is 6.99. The van der Waals surface area contributed by atoms with Crippen LogP contribution in [0.4, 0.5) is 0 Å². The van der Waals surface area contributed by atoms with Crippen molar-refractivity contribution in [2.24, 2.45) is 7.05 Å². The van der Waals surface area contributed by atoms with Crippen molar-refractivity contribution in [2.75, 3.05) is 0 Å². The highest BCUT2D eigenvalue weighted by molar-refractivity contribution is 9.10. The first-order chi connectivity index (χ1) is 9.80. The fraction of sp³-hybridized carbons (Fsp3) is 0.643. The van der Waals surface area contributed by atoms with E-state index in [1.165, 1.54) is 0 Å². The molecule has 7 heteroatoms. The first-order valence-electron chi connectivity index (χ1n) is 7.14. The van der Waals surface area contributed by atoms with Crippen LogP contribution in [0.2, 0.25) is 0 Å². The molecule has 0 spiro atoms. The van der Waals surface area contributed by atoms with Gasteiger partial charge < -0.3 is 5.32 Å². The molecule has 0 aromatic carbocycles. The van der Waals surface area contributed by atoms with E-state index >= 15 is 0 Å². The van der Waals surface area contributed by atoms with Crippen molar-refractivity contribution < 1.29 is 0 Å². The Morgan fingerprint density at radius 3 is 2.62 bits per heavy atom. The van der Waals surface area contributed by atoms with Gasteiger partial charge in [0.2, 0.25) is 0 Å². The summed E-state index contributed by atoms with van der Waals surface area (Å²) in [5.41, 5.74) is 3.19. The number of rotatable bonds is 5. The maximum absolute atomic E-state index is 4.50. The van der Waals surface area contributed by atoms with Crippen molar-refractivity contribution >= 4 is 15.9 Å². The van der Waals surface area contributed by atoms with E-state index in [1.54, 1.807) is 0 Å². The SMILES string of the molecule is CCc1nn(C)c(Cn2cc(CNC(C)(C)C)nn2)c1Br. The van der Waals surface area contributed by atoms with Gasteiger partial charge in [0.1, 0.15) is 0 Å². The highest BCUT2D eigenvalue weighted by Crippen LogP contribution is 2.22. The number of hydrogen-bond donors (Lipinski definition) is 1. The Kier molecular flexibility index (Phi) is 4.83. The number of aryl methyl sites for hydroxylation is 2. The third-order valence-electron chi connectivity index (χ3n) is 3.20. The van der Waals surface area contributed by atoms with Crippen LogP contribution < -0.4 is 5.32 Å². The lowest BCUT2D eigenvalue weighted by atomic mass is 10.1. The Bertz CT molecular complexity index is 607. The average molecular weight is 355 g/mol. The molecule has 0 amide bonds. The lowest BCUT2D eigenvalue weighted by Gasteiger charge is -2.19. The standard InChI is InChI=1S/C14H23BrN6/c1-6-11-13(15)12(20(5)18-11)9-21-8-10(17-19-21)7-16-14(2,3)4/h8,16H,6-7,9H2,1-5H3. The molecule has 0 radical (unpaired) electrons. The van der Waals surface area contributed by atoms with Gasteiger partial charge in [-0.1, -0.05) is 12.1 Å². The second kappa shape index (κ2) is 6.27. The molecule has 2 aromatic rings. The summed E-state index contributed by atoms with van der Waals surface area (Å²) in [6, 6.07) is 0.